The first-order chi connectivity index (χ1) is 15.0. The Morgan fingerprint density at radius 2 is 1.94 bits per heavy atom. The molecule has 0 aliphatic rings. The lowest BCUT2D eigenvalue weighted by Crippen LogP contribution is -2.20. The first-order valence-electron chi connectivity index (χ1n) is 9.44. The van der Waals surface area contributed by atoms with Gasteiger partial charge < -0.3 is 15.4 Å². The summed E-state index contributed by atoms with van der Waals surface area (Å²) < 4.78 is 7.05. The molecule has 0 bridgehead atoms. The van der Waals surface area contributed by atoms with Gasteiger partial charge in [-0.15, -0.1) is 0 Å². The normalized spacial score (nSPS) is 10.6. The van der Waals surface area contributed by atoms with Crippen molar-refractivity contribution in [1.82, 2.24) is 9.78 Å². The minimum atomic E-state index is -0.481. The van der Waals surface area contributed by atoms with Gasteiger partial charge in [-0.25, -0.2) is 0 Å². The lowest BCUT2D eigenvalue weighted by Gasteiger charge is -2.12. The SMILES string of the molecule is COc1cc([N+](=O)[O-])ccc1NC(=S)Nc1ccn(Cc2cccc3ccccc23)n1. The number of nitro benzene ring substituents is 1. The molecule has 0 aliphatic carbocycles. The highest BCUT2D eigenvalue weighted by molar-refractivity contribution is 7.80. The van der Waals surface area contributed by atoms with Gasteiger partial charge in [0.15, 0.2) is 10.9 Å². The van der Waals surface area contributed by atoms with E-state index in [0.29, 0.717) is 28.9 Å². The number of benzene rings is 3. The number of non-ortho nitro benzene ring substituents is 1. The molecular weight excluding hydrogens is 414 g/mol. The minimum Gasteiger partial charge on any atom is -0.494 e. The van der Waals surface area contributed by atoms with Crippen LogP contribution in [0, 0.1) is 10.1 Å². The number of ether oxygens (including phenoxy) is 1. The second-order valence-corrected chi connectivity index (χ2v) is 7.17. The van der Waals surface area contributed by atoms with Gasteiger partial charge in [0.2, 0.25) is 0 Å². The smallest absolute Gasteiger partial charge is 0.273 e. The van der Waals surface area contributed by atoms with Crippen molar-refractivity contribution < 1.29 is 9.66 Å². The molecule has 9 heteroatoms. The van der Waals surface area contributed by atoms with E-state index in [4.69, 9.17) is 17.0 Å². The van der Waals surface area contributed by atoms with Crippen molar-refractivity contribution in [2.24, 2.45) is 0 Å². The van der Waals surface area contributed by atoms with Crippen molar-refractivity contribution in [3.8, 4) is 5.75 Å². The highest BCUT2D eigenvalue weighted by Gasteiger charge is 2.13. The number of nitrogens with one attached hydrogen (secondary N) is 2. The van der Waals surface area contributed by atoms with Crippen LogP contribution in [0.15, 0.2) is 72.9 Å². The van der Waals surface area contributed by atoms with E-state index in [2.05, 4.69) is 40.0 Å². The van der Waals surface area contributed by atoms with Gasteiger partial charge in [-0.05, 0) is 34.6 Å². The summed E-state index contributed by atoms with van der Waals surface area (Å²) in [4.78, 5) is 10.4. The van der Waals surface area contributed by atoms with E-state index < -0.39 is 4.92 Å². The molecule has 0 unspecified atom stereocenters. The predicted octanol–water partition coefficient (Wildman–Crippen LogP) is 4.81. The van der Waals surface area contributed by atoms with Crippen LogP contribution in [0.5, 0.6) is 5.75 Å². The topological polar surface area (TPSA) is 94.3 Å². The Labute approximate surface area is 183 Å². The molecule has 0 amide bonds. The average molecular weight is 433 g/mol. The predicted molar refractivity (Wildman–Crippen MR) is 125 cm³/mol. The highest BCUT2D eigenvalue weighted by atomic mass is 32.1. The fraction of sp³-hybridized carbons (Fsp3) is 0.0909. The zero-order valence-electron chi connectivity index (χ0n) is 16.6. The van der Waals surface area contributed by atoms with E-state index in [-0.39, 0.29) is 5.69 Å². The standard InChI is InChI=1S/C22H19N5O3S/c1-30-20-13-17(27(28)29)9-10-19(20)23-22(31)24-21-11-12-26(25-21)14-16-7-4-6-15-5-2-3-8-18(15)16/h2-13H,14H2,1H3,(H2,23,24,25,31). The summed E-state index contributed by atoms with van der Waals surface area (Å²) in [5, 5.41) is 24.1. The summed E-state index contributed by atoms with van der Waals surface area (Å²) in [5.41, 5.74) is 1.62. The maximum atomic E-state index is 10.9. The molecule has 0 saturated carbocycles. The van der Waals surface area contributed by atoms with Crippen molar-refractivity contribution >= 4 is 45.3 Å². The number of nitrogens with zero attached hydrogens (tertiary/aromatic N) is 3. The second-order valence-electron chi connectivity index (χ2n) is 6.76. The molecule has 2 N–H and O–H groups in total. The van der Waals surface area contributed by atoms with Crippen molar-refractivity contribution in [2.45, 2.75) is 6.54 Å². The van der Waals surface area contributed by atoms with Crippen LogP contribution in [-0.2, 0) is 6.54 Å². The van der Waals surface area contributed by atoms with E-state index >= 15 is 0 Å². The number of hydrogen-bond acceptors (Lipinski definition) is 5. The van der Waals surface area contributed by atoms with Crippen molar-refractivity contribution in [3.63, 3.8) is 0 Å². The van der Waals surface area contributed by atoms with E-state index in [0.717, 1.165) is 0 Å². The molecule has 8 nitrogen and oxygen atoms in total. The van der Waals surface area contributed by atoms with Crippen LogP contribution in [0.3, 0.4) is 0 Å². The second kappa shape index (κ2) is 8.80. The summed E-state index contributed by atoms with van der Waals surface area (Å²) in [6, 6.07) is 20.5. The minimum absolute atomic E-state index is 0.0616. The number of anilines is 2. The zero-order valence-corrected chi connectivity index (χ0v) is 17.4. The maximum Gasteiger partial charge on any atom is 0.273 e. The summed E-state index contributed by atoms with van der Waals surface area (Å²) in [7, 11) is 1.44. The quantitative estimate of drug-likeness (QED) is 0.256. The summed E-state index contributed by atoms with van der Waals surface area (Å²) in [6.45, 7) is 0.624. The number of aromatic nitrogens is 2. The molecular formula is C22H19N5O3S. The molecule has 31 heavy (non-hydrogen) atoms. The molecule has 0 aliphatic heterocycles. The van der Waals surface area contributed by atoms with Crippen molar-refractivity contribution in [1.29, 1.82) is 0 Å². The summed E-state index contributed by atoms with van der Waals surface area (Å²) in [6.07, 6.45) is 1.87. The fourth-order valence-corrected chi connectivity index (χ4v) is 3.50. The number of rotatable bonds is 6. The average Bonchev–Trinajstić information content (AvgIpc) is 3.20. The number of methoxy groups -OCH3 is 1. The third-order valence-corrected chi connectivity index (χ3v) is 4.94. The summed E-state index contributed by atoms with van der Waals surface area (Å²) in [5.74, 6) is 0.901. The lowest BCUT2D eigenvalue weighted by molar-refractivity contribution is -0.384. The summed E-state index contributed by atoms with van der Waals surface area (Å²) >= 11 is 5.35. The first kappa shape index (κ1) is 20.3. The van der Waals surface area contributed by atoms with E-state index in [1.807, 2.05) is 35.1 Å². The third kappa shape index (κ3) is 4.62. The van der Waals surface area contributed by atoms with Crippen molar-refractivity contribution in [2.75, 3.05) is 17.7 Å². The van der Waals surface area contributed by atoms with Gasteiger partial charge in [-0.3, -0.25) is 14.8 Å². The Kier molecular flexibility index (Phi) is 5.76. The van der Waals surface area contributed by atoms with Gasteiger partial charge in [-0.2, -0.15) is 5.10 Å². The van der Waals surface area contributed by atoms with Gasteiger partial charge in [0, 0.05) is 18.3 Å². The van der Waals surface area contributed by atoms with Gasteiger partial charge in [0.05, 0.1) is 30.3 Å². The van der Waals surface area contributed by atoms with Crippen LogP contribution in [0.25, 0.3) is 10.8 Å². The molecule has 0 saturated heterocycles. The molecule has 1 aromatic heterocycles. The van der Waals surface area contributed by atoms with E-state index in [1.54, 1.807) is 6.07 Å². The maximum absolute atomic E-state index is 10.9. The van der Waals surface area contributed by atoms with Crippen LogP contribution < -0.4 is 15.4 Å². The number of fused-ring (bicyclic) bond motifs is 1. The largest absolute Gasteiger partial charge is 0.494 e. The number of hydrogen-bond donors (Lipinski definition) is 2. The third-order valence-electron chi connectivity index (χ3n) is 4.74. The van der Waals surface area contributed by atoms with Gasteiger partial charge in [-0.1, -0.05) is 42.5 Å². The van der Waals surface area contributed by atoms with Gasteiger partial charge >= 0.3 is 0 Å². The molecule has 0 spiro atoms. The Hall–Kier alpha value is -3.98. The number of thiocarbonyl (C=S) groups is 1. The number of nitro groups is 1. The van der Waals surface area contributed by atoms with Gasteiger partial charge in [0.25, 0.3) is 5.69 Å². The highest BCUT2D eigenvalue weighted by Crippen LogP contribution is 2.29. The first-order valence-corrected chi connectivity index (χ1v) is 9.85. The molecule has 156 valence electrons. The fourth-order valence-electron chi connectivity index (χ4n) is 3.29. The van der Waals surface area contributed by atoms with E-state index in [1.165, 1.54) is 35.6 Å². The zero-order chi connectivity index (χ0) is 21.8. The molecule has 3 aromatic carbocycles. The van der Waals surface area contributed by atoms with Crippen LogP contribution in [0.1, 0.15) is 5.56 Å². The van der Waals surface area contributed by atoms with Crippen LogP contribution in [-0.4, -0.2) is 26.9 Å². The molecule has 1 heterocycles. The lowest BCUT2D eigenvalue weighted by atomic mass is 10.0. The Morgan fingerprint density at radius 1 is 1.13 bits per heavy atom. The van der Waals surface area contributed by atoms with Gasteiger partial charge in [0.1, 0.15) is 5.75 Å². The Morgan fingerprint density at radius 3 is 2.74 bits per heavy atom. The molecule has 0 radical (unpaired) electrons. The monoisotopic (exact) mass is 433 g/mol. The van der Waals surface area contributed by atoms with Crippen molar-refractivity contribution in [3.05, 3.63) is 88.6 Å². The molecule has 4 rings (SSSR count). The van der Waals surface area contributed by atoms with Crippen LogP contribution in [0.4, 0.5) is 17.2 Å². The Bertz CT molecular complexity index is 1270. The van der Waals surface area contributed by atoms with Crippen LogP contribution >= 0.6 is 12.2 Å². The molecule has 0 fully saturated rings. The Balaban J connectivity index is 1.44. The van der Waals surface area contributed by atoms with E-state index in [9.17, 15) is 10.1 Å². The van der Waals surface area contributed by atoms with Crippen LogP contribution in [0.2, 0.25) is 0 Å². The molecule has 0 atom stereocenters. The molecule has 4 aromatic rings.